The number of rotatable bonds is 5. The Balaban J connectivity index is 2.60. The monoisotopic (exact) mass is 413 g/mol. The molecule has 1 aliphatic rings. The van der Waals surface area contributed by atoms with Crippen LogP contribution in [-0.4, -0.2) is 41.4 Å². The Hall–Kier alpha value is -3.22. The van der Waals surface area contributed by atoms with Gasteiger partial charge in [0.15, 0.2) is 0 Å². The van der Waals surface area contributed by atoms with E-state index in [-0.39, 0.29) is 5.57 Å². The molecule has 0 saturated carbocycles. The van der Waals surface area contributed by atoms with Crippen LogP contribution in [-0.2, 0) is 23.9 Å². The van der Waals surface area contributed by atoms with E-state index in [0.717, 1.165) is 0 Å². The summed E-state index contributed by atoms with van der Waals surface area (Å²) in [6, 6.07) is 7.02. The summed E-state index contributed by atoms with van der Waals surface area (Å²) in [7, 11) is 1.24. The van der Waals surface area contributed by atoms with Crippen LogP contribution in [0.15, 0.2) is 46.6 Å². The molecule has 1 aromatic rings. The molecule has 1 aliphatic heterocycles. The number of carboxylic acid groups (broad SMARTS) is 1. The second-order valence-electron chi connectivity index (χ2n) is 8.03. The van der Waals surface area contributed by atoms with Crippen LogP contribution in [0, 0.1) is 5.92 Å². The molecule has 2 unspecified atom stereocenters. The lowest BCUT2D eigenvalue weighted by Gasteiger charge is -2.31. The molecule has 160 valence electrons. The van der Waals surface area contributed by atoms with Gasteiger partial charge >= 0.3 is 17.9 Å². The van der Waals surface area contributed by atoms with Gasteiger partial charge in [0.2, 0.25) is 0 Å². The van der Waals surface area contributed by atoms with Gasteiger partial charge in [0.1, 0.15) is 11.5 Å². The molecule has 0 aliphatic carbocycles. The van der Waals surface area contributed by atoms with E-state index in [2.05, 4.69) is 4.99 Å². The van der Waals surface area contributed by atoms with E-state index in [1.165, 1.54) is 13.2 Å². The number of aliphatic carboxylic acids is 1. The maximum absolute atomic E-state index is 12.5. The second-order valence-corrected chi connectivity index (χ2v) is 8.03. The third-order valence-corrected chi connectivity index (χ3v) is 4.64. The van der Waals surface area contributed by atoms with Gasteiger partial charge in [0.25, 0.3) is 0 Å². The molecule has 1 aromatic carbocycles. The highest BCUT2D eigenvalue weighted by molar-refractivity contribution is 6.06. The highest BCUT2D eigenvalue weighted by Crippen LogP contribution is 2.41. The quantitative estimate of drug-likeness (QED) is 0.583. The van der Waals surface area contributed by atoms with Crippen LogP contribution < -0.4 is 0 Å². The first-order valence-corrected chi connectivity index (χ1v) is 9.53. The number of ether oxygens (including phenoxy) is 2. The highest BCUT2D eigenvalue weighted by Gasteiger charge is 2.42. The molecule has 0 fully saturated rings. The molecule has 0 saturated heterocycles. The lowest BCUT2D eigenvalue weighted by atomic mass is 9.74. The molecule has 0 radical (unpaired) electrons. The Morgan fingerprint density at radius 1 is 1.13 bits per heavy atom. The average molecular weight is 413 g/mol. The predicted octanol–water partition coefficient (Wildman–Crippen LogP) is 3.75. The van der Waals surface area contributed by atoms with Gasteiger partial charge in [0.05, 0.1) is 12.7 Å². The summed E-state index contributed by atoms with van der Waals surface area (Å²) in [6.07, 6.45) is 2.85. The first-order valence-electron chi connectivity index (χ1n) is 9.53. The number of nitrogens with zero attached hydrogens (tertiary/aromatic N) is 1. The van der Waals surface area contributed by atoms with Gasteiger partial charge in [-0.3, -0.25) is 9.79 Å². The van der Waals surface area contributed by atoms with Crippen molar-refractivity contribution >= 4 is 29.7 Å². The fraction of sp³-hybridized carbons (Fsp3) is 0.391. The molecule has 2 rings (SSSR count). The van der Waals surface area contributed by atoms with Crippen molar-refractivity contribution in [1.29, 1.82) is 0 Å². The third-order valence-electron chi connectivity index (χ3n) is 4.64. The lowest BCUT2D eigenvalue weighted by molar-refractivity contribution is -0.148. The van der Waals surface area contributed by atoms with Gasteiger partial charge in [-0.15, -0.1) is 0 Å². The number of benzene rings is 1. The molecule has 2 atom stereocenters. The molecule has 30 heavy (non-hydrogen) atoms. The summed E-state index contributed by atoms with van der Waals surface area (Å²) in [6.45, 7) is 8.59. The van der Waals surface area contributed by atoms with Crippen molar-refractivity contribution in [3.8, 4) is 0 Å². The van der Waals surface area contributed by atoms with E-state index in [1.54, 1.807) is 65.0 Å². The minimum atomic E-state index is -1.10. The van der Waals surface area contributed by atoms with E-state index < -0.39 is 35.3 Å². The number of esters is 2. The van der Waals surface area contributed by atoms with Crippen molar-refractivity contribution in [2.75, 3.05) is 7.11 Å². The first kappa shape index (κ1) is 23.1. The molecular weight excluding hydrogens is 386 g/mol. The highest BCUT2D eigenvalue weighted by atomic mass is 16.6. The van der Waals surface area contributed by atoms with Crippen molar-refractivity contribution < 1.29 is 29.0 Å². The standard InChI is InChI=1S/C23H27NO6/c1-13-18(21(26)27)20(19(14(2)24-13)22(28)29-6)16-10-8-7-9-15(16)11-12-17(25)30-23(3,4)5/h7-12,18,20H,1-6H3,(H,26,27). The van der Waals surface area contributed by atoms with E-state index in [0.29, 0.717) is 22.5 Å². The number of hydrogen-bond acceptors (Lipinski definition) is 6. The third kappa shape index (κ3) is 5.23. The fourth-order valence-corrected chi connectivity index (χ4v) is 3.51. The number of carboxylic acids is 1. The molecule has 1 heterocycles. The number of allylic oxidation sites excluding steroid dienone is 1. The summed E-state index contributed by atoms with van der Waals surface area (Å²) in [5.74, 6) is -4.11. The molecule has 0 amide bonds. The number of hydrogen-bond donors (Lipinski definition) is 1. The summed E-state index contributed by atoms with van der Waals surface area (Å²) in [4.78, 5) is 41.0. The molecule has 0 aromatic heterocycles. The lowest BCUT2D eigenvalue weighted by Crippen LogP contribution is -2.35. The molecule has 0 bridgehead atoms. The second kappa shape index (κ2) is 9.07. The van der Waals surface area contributed by atoms with Crippen LogP contribution in [0.2, 0.25) is 0 Å². The van der Waals surface area contributed by atoms with E-state index in [1.807, 2.05) is 0 Å². The van der Waals surface area contributed by atoms with Gasteiger partial charge in [-0.1, -0.05) is 24.3 Å². The molecule has 7 nitrogen and oxygen atoms in total. The van der Waals surface area contributed by atoms with Gasteiger partial charge in [-0.05, 0) is 51.8 Å². The van der Waals surface area contributed by atoms with Crippen molar-refractivity contribution in [2.24, 2.45) is 10.9 Å². The van der Waals surface area contributed by atoms with Crippen molar-refractivity contribution in [1.82, 2.24) is 0 Å². The predicted molar refractivity (Wildman–Crippen MR) is 113 cm³/mol. The maximum atomic E-state index is 12.5. The van der Waals surface area contributed by atoms with E-state index >= 15 is 0 Å². The Kier molecular flexibility index (Phi) is 6.97. The Labute approximate surface area is 176 Å². The number of aliphatic imine (C=N–C) groups is 1. The fourth-order valence-electron chi connectivity index (χ4n) is 3.51. The van der Waals surface area contributed by atoms with Crippen LogP contribution in [0.4, 0.5) is 0 Å². The van der Waals surface area contributed by atoms with Crippen molar-refractivity contribution in [2.45, 2.75) is 46.1 Å². The van der Waals surface area contributed by atoms with Gasteiger partial charge in [-0.25, -0.2) is 9.59 Å². The molecule has 0 spiro atoms. The van der Waals surface area contributed by atoms with E-state index in [4.69, 9.17) is 9.47 Å². The topological polar surface area (TPSA) is 102 Å². The van der Waals surface area contributed by atoms with Gasteiger partial charge in [-0.2, -0.15) is 0 Å². The summed E-state index contributed by atoms with van der Waals surface area (Å²) >= 11 is 0. The number of methoxy groups -OCH3 is 1. The zero-order valence-electron chi connectivity index (χ0n) is 18.1. The molecular formula is C23H27NO6. The smallest absolute Gasteiger partial charge is 0.336 e. The van der Waals surface area contributed by atoms with Gasteiger partial charge in [0, 0.05) is 23.4 Å². The number of carbonyl (C=O) groups is 3. The maximum Gasteiger partial charge on any atom is 0.336 e. The Morgan fingerprint density at radius 2 is 1.77 bits per heavy atom. The zero-order chi connectivity index (χ0) is 22.6. The van der Waals surface area contributed by atoms with Crippen molar-refractivity contribution in [3.63, 3.8) is 0 Å². The summed E-state index contributed by atoms with van der Waals surface area (Å²) < 4.78 is 10.2. The van der Waals surface area contributed by atoms with Crippen LogP contribution in [0.5, 0.6) is 0 Å². The van der Waals surface area contributed by atoms with Crippen LogP contribution >= 0.6 is 0 Å². The molecule has 7 heteroatoms. The minimum Gasteiger partial charge on any atom is -0.481 e. The zero-order valence-corrected chi connectivity index (χ0v) is 18.1. The number of carbonyl (C=O) groups excluding carboxylic acids is 2. The Bertz CT molecular complexity index is 949. The summed E-state index contributed by atoms with van der Waals surface area (Å²) in [5.41, 5.74) is 1.54. The average Bonchev–Trinajstić information content (AvgIpc) is 2.63. The largest absolute Gasteiger partial charge is 0.481 e. The van der Waals surface area contributed by atoms with Crippen LogP contribution in [0.1, 0.15) is 51.7 Å². The van der Waals surface area contributed by atoms with Crippen LogP contribution in [0.25, 0.3) is 6.08 Å². The Morgan fingerprint density at radius 3 is 2.33 bits per heavy atom. The normalized spacial score (nSPS) is 19.5. The minimum absolute atomic E-state index is 0.189. The first-order chi connectivity index (χ1) is 14.0. The summed E-state index contributed by atoms with van der Waals surface area (Å²) in [5, 5.41) is 9.89. The van der Waals surface area contributed by atoms with Gasteiger partial charge < -0.3 is 14.6 Å². The SMILES string of the molecule is COC(=O)C1=C(C)N=C(C)C(C(=O)O)C1c1ccccc1C=CC(=O)OC(C)(C)C. The van der Waals surface area contributed by atoms with E-state index in [9.17, 15) is 19.5 Å². The van der Waals surface area contributed by atoms with Crippen LogP contribution in [0.3, 0.4) is 0 Å². The molecule has 1 N–H and O–H groups in total. The van der Waals surface area contributed by atoms with Crippen molar-refractivity contribution in [3.05, 3.63) is 52.7 Å².